The van der Waals surface area contributed by atoms with Crippen molar-refractivity contribution in [2.45, 2.75) is 0 Å². The van der Waals surface area contributed by atoms with Gasteiger partial charge in [0.15, 0.2) is 0 Å². The third-order valence-corrected chi connectivity index (χ3v) is 3.51. The molecule has 0 heterocycles. The van der Waals surface area contributed by atoms with Crippen LogP contribution in [0.4, 0.5) is 5.69 Å². The smallest absolute Gasteiger partial charge is 0.323 e. The molecule has 8 nitrogen and oxygen atoms in total. The van der Waals surface area contributed by atoms with Crippen molar-refractivity contribution in [3.63, 3.8) is 0 Å². The number of aliphatic carboxylic acids is 1. The number of benzene rings is 1. The van der Waals surface area contributed by atoms with Gasteiger partial charge in [0.25, 0.3) is 11.6 Å². The lowest BCUT2D eigenvalue weighted by Gasteiger charge is -2.20. The molecule has 0 fully saturated rings. The molecule has 21 heavy (non-hydrogen) atoms. The first-order valence-corrected chi connectivity index (χ1v) is 6.88. The predicted octanol–water partition coefficient (Wildman–Crippen LogP) is 1.37. The summed E-state index contributed by atoms with van der Waals surface area (Å²) in [4.78, 5) is 34.4. The summed E-state index contributed by atoms with van der Waals surface area (Å²) >= 11 is 1.87. The van der Waals surface area contributed by atoms with Crippen LogP contribution in [-0.2, 0) is 9.53 Å². The number of nitro benzene ring substituents is 1. The van der Waals surface area contributed by atoms with E-state index in [4.69, 9.17) is 9.84 Å². The molecule has 0 aliphatic carbocycles. The lowest BCUT2D eigenvalue weighted by molar-refractivity contribution is -0.384. The Bertz CT molecular complexity index is 563. The molecule has 0 aliphatic rings. The van der Waals surface area contributed by atoms with Crippen molar-refractivity contribution in [1.82, 2.24) is 4.90 Å². The Hall–Kier alpha value is -1.75. The summed E-state index contributed by atoms with van der Waals surface area (Å²) in [6, 6.07) is 3.88. The molecule has 0 bridgehead atoms. The number of nitro groups is 1. The molecule has 0 aromatic heterocycles. The second-order valence-corrected chi connectivity index (χ2v) is 5.20. The molecule has 114 valence electrons. The number of carbonyl (C=O) groups excluding carboxylic acids is 1. The van der Waals surface area contributed by atoms with Gasteiger partial charge in [-0.3, -0.25) is 19.7 Å². The summed E-state index contributed by atoms with van der Waals surface area (Å²) < 4.78 is 5.35. The number of carboxylic acid groups (broad SMARTS) is 1. The SMILES string of the molecule is COCCN(CC(=O)O)C(=O)c1cc([N+](=O)[O-])ccc1I. The molecule has 0 spiro atoms. The molecule has 0 aliphatic heterocycles. The Kier molecular flexibility index (Phi) is 6.49. The normalized spacial score (nSPS) is 10.2. The molecule has 0 saturated heterocycles. The summed E-state index contributed by atoms with van der Waals surface area (Å²) in [6.45, 7) is -0.244. The van der Waals surface area contributed by atoms with Crippen LogP contribution in [0.2, 0.25) is 0 Å². The van der Waals surface area contributed by atoms with Crippen LogP contribution in [-0.4, -0.2) is 53.6 Å². The topological polar surface area (TPSA) is 110 Å². The van der Waals surface area contributed by atoms with Crippen LogP contribution in [0.3, 0.4) is 0 Å². The van der Waals surface area contributed by atoms with Crippen molar-refractivity contribution in [2.24, 2.45) is 0 Å². The molecule has 1 aromatic rings. The summed E-state index contributed by atoms with van der Waals surface area (Å²) in [7, 11) is 1.43. The van der Waals surface area contributed by atoms with Crippen molar-refractivity contribution in [2.75, 3.05) is 26.8 Å². The average Bonchev–Trinajstić information content (AvgIpc) is 2.42. The summed E-state index contributed by atoms with van der Waals surface area (Å²) in [5.41, 5.74) is -0.122. The number of halogens is 1. The van der Waals surface area contributed by atoms with Crippen molar-refractivity contribution in [3.05, 3.63) is 37.4 Å². The number of non-ortho nitro benzene ring substituents is 1. The molecular formula is C12H13IN2O6. The quantitative estimate of drug-likeness (QED) is 0.415. The van der Waals surface area contributed by atoms with Crippen LogP contribution in [0.1, 0.15) is 10.4 Å². The van der Waals surface area contributed by atoms with Gasteiger partial charge < -0.3 is 14.7 Å². The third kappa shape index (κ3) is 4.93. The Morgan fingerprint density at radius 2 is 2.14 bits per heavy atom. The molecule has 1 aromatic carbocycles. The molecule has 0 saturated carbocycles. The van der Waals surface area contributed by atoms with Crippen LogP contribution < -0.4 is 0 Å². The van der Waals surface area contributed by atoms with E-state index in [1.807, 2.05) is 22.6 Å². The zero-order valence-electron chi connectivity index (χ0n) is 11.1. The maximum atomic E-state index is 12.4. The molecule has 0 unspecified atom stereocenters. The highest BCUT2D eigenvalue weighted by Crippen LogP contribution is 2.21. The Labute approximate surface area is 134 Å². The van der Waals surface area contributed by atoms with Crippen molar-refractivity contribution in [1.29, 1.82) is 0 Å². The fourth-order valence-corrected chi connectivity index (χ4v) is 2.14. The molecule has 0 atom stereocenters. The molecule has 0 radical (unpaired) electrons. The number of hydrogen-bond acceptors (Lipinski definition) is 5. The van der Waals surface area contributed by atoms with E-state index in [2.05, 4.69) is 0 Å². The number of rotatable bonds is 7. The molecule has 1 amide bonds. The zero-order valence-corrected chi connectivity index (χ0v) is 13.3. The number of nitrogens with zero attached hydrogens (tertiary/aromatic N) is 2. The van der Waals surface area contributed by atoms with E-state index < -0.39 is 23.3 Å². The van der Waals surface area contributed by atoms with Gasteiger partial charge in [-0.05, 0) is 28.7 Å². The molecule has 1 N–H and O–H groups in total. The largest absolute Gasteiger partial charge is 0.480 e. The third-order valence-electron chi connectivity index (χ3n) is 2.57. The van der Waals surface area contributed by atoms with E-state index >= 15 is 0 Å². The fraction of sp³-hybridized carbons (Fsp3) is 0.333. The Morgan fingerprint density at radius 1 is 1.48 bits per heavy atom. The van der Waals surface area contributed by atoms with Gasteiger partial charge >= 0.3 is 5.97 Å². The number of ether oxygens (including phenoxy) is 1. The van der Waals surface area contributed by atoms with Gasteiger partial charge in [-0.1, -0.05) is 0 Å². The maximum Gasteiger partial charge on any atom is 0.323 e. The minimum absolute atomic E-state index is 0.0837. The summed E-state index contributed by atoms with van der Waals surface area (Å²) in [5, 5.41) is 19.6. The second-order valence-electron chi connectivity index (χ2n) is 4.03. The second kappa shape index (κ2) is 7.88. The fourth-order valence-electron chi connectivity index (χ4n) is 1.58. The van der Waals surface area contributed by atoms with Crippen molar-refractivity contribution < 1.29 is 24.4 Å². The Balaban J connectivity index is 3.09. The number of hydrogen-bond donors (Lipinski definition) is 1. The highest BCUT2D eigenvalue weighted by atomic mass is 127. The van der Waals surface area contributed by atoms with E-state index in [0.717, 1.165) is 11.0 Å². The highest BCUT2D eigenvalue weighted by molar-refractivity contribution is 14.1. The maximum absolute atomic E-state index is 12.4. The van der Waals surface area contributed by atoms with Gasteiger partial charge in [-0.15, -0.1) is 0 Å². The average molecular weight is 408 g/mol. The summed E-state index contributed by atoms with van der Waals surface area (Å²) in [5.74, 6) is -1.75. The van der Waals surface area contributed by atoms with Crippen molar-refractivity contribution in [3.8, 4) is 0 Å². The number of carboxylic acids is 1. The standard InChI is InChI=1S/C12H13IN2O6/c1-21-5-4-14(7-11(16)17)12(18)9-6-8(15(19)20)2-3-10(9)13/h2-3,6H,4-5,7H2,1H3,(H,16,17). The predicted molar refractivity (Wildman–Crippen MR) is 81.2 cm³/mol. The summed E-state index contributed by atoms with van der Waals surface area (Å²) in [6.07, 6.45) is 0. The lowest BCUT2D eigenvalue weighted by Crippen LogP contribution is -2.38. The van der Waals surface area contributed by atoms with E-state index in [-0.39, 0.29) is 24.4 Å². The minimum Gasteiger partial charge on any atom is -0.480 e. The minimum atomic E-state index is -1.17. The van der Waals surface area contributed by atoms with Gasteiger partial charge in [0.05, 0.1) is 17.1 Å². The first-order valence-electron chi connectivity index (χ1n) is 5.80. The van der Waals surface area contributed by atoms with E-state index in [0.29, 0.717) is 3.57 Å². The number of amides is 1. The zero-order chi connectivity index (χ0) is 16.0. The van der Waals surface area contributed by atoms with Crippen LogP contribution in [0.15, 0.2) is 18.2 Å². The van der Waals surface area contributed by atoms with E-state index in [9.17, 15) is 19.7 Å². The van der Waals surface area contributed by atoms with Crippen LogP contribution in [0.25, 0.3) is 0 Å². The molecular weight excluding hydrogens is 395 g/mol. The monoisotopic (exact) mass is 408 g/mol. The van der Waals surface area contributed by atoms with E-state index in [1.165, 1.54) is 19.2 Å². The van der Waals surface area contributed by atoms with Crippen LogP contribution >= 0.6 is 22.6 Å². The number of methoxy groups -OCH3 is 1. The van der Waals surface area contributed by atoms with Crippen molar-refractivity contribution >= 4 is 40.2 Å². The van der Waals surface area contributed by atoms with Crippen LogP contribution in [0.5, 0.6) is 0 Å². The lowest BCUT2D eigenvalue weighted by atomic mass is 10.1. The van der Waals surface area contributed by atoms with Gasteiger partial charge in [-0.25, -0.2) is 0 Å². The van der Waals surface area contributed by atoms with Gasteiger partial charge in [0.1, 0.15) is 6.54 Å². The number of carbonyl (C=O) groups is 2. The Morgan fingerprint density at radius 3 is 2.67 bits per heavy atom. The first kappa shape index (κ1) is 17.3. The molecule has 9 heteroatoms. The van der Waals surface area contributed by atoms with Crippen LogP contribution in [0, 0.1) is 13.7 Å². The van der Waals surface area contributed by atoms with Gasteiger partial charge in [0.2, 0.25) is 0 Å². The van der Waals surface area contributed by atoms with E-state index in [1.54, 1.807) is 0 Å². The van der Waals surface area contributed by atoms with Gasteiger partial charge in [-0.2, -0.15) is 0 Å². The van der Waals surface area contributed by atoms with Gasteiger partial charge in [0, 0.05) is 29.4 Å². The molecule has 1 rings (SSSR count). The highest BCUT2D eigenvalue weighted by Gasteiger charge is 2.22. The first-order chi connectivity index (χ1) is 9.86.